The number of rotatable bonds is 3. The van der Waals surface area contributed by atoms with Crippen LogP contribution in [0.4, 0.5) is 5.69 Å². The van der Waals surface area contributed by atoms with Crippen LogP contribution in [-0.2, 0) is 0 Å². The summed E-state index contributed by atoms with van der Waals surface area (Å²) < 4.78 is 0. The summed E-state index contributed by atoms with van der Waals surface area (Å²) in [5, 5.41) is 11.9. The number of nitrogens with two attached hydrogens (primary N) is 1. The molecule has 1 amide bonds. The van der Waals surface area contributed by atoms with Gasteiger partial charge in [0.15, 0.2) is 0 Å². The van der Waals surface area contributed by atoms with Crippen molar-refractivity contribution >= 4 is 23.2 Å². The zero-order valence-electron chi connectivity index (χ0n) is 8.33. The molecule has 1 aromatic carbocycles. The van der Waals surface area contributed by atoms with Gasteiger partial charge in [0.1, 0.15) is 0 Å². The second-order valence-electron chi connectivity index (χ2n) is 3.26. The Kier molecular flexibility index (Phi) is 3.94. The van der Waals surface area contributed by atoms with Crippen molar-refractivity contribution in [3.63, 3.8) is 0 Å². The highest BCUT2D eigenvalue weighted by Crippen LogP contribution is 2.21. The summed E-state index contributed by atoms with van der Waals surface area (Å²) in [5.74, 6) is -0.337. The number of aliphatic hydroxyl groups excluding tert-OH is 1. The van der Waals surface area contributed by atoms with Crippen LogP contribution in [0.3, 0.4) is 0 Å². The fourth-order valence-corrected chi connectivity index (χ4v) is 1.25. The molecule has 0 radical (unpaired) electrons. The predicted molar refractivity (Wildman–Crippen MR) is 59.9 cm³/mol. The summed E-state index contributed by atoms with van der Waals surface area (Å²) in [4.78, 5) is 11.6. The highest BCUT2D eigenvalue weighted by Gasteiger charge is 2.11. The maximum Gasteiger partial charge on any atom is 0.253 e. The van der Waals surface area contributed by atoms with E-state index in [4.69, 9.17) is 22.4 Å². The molecule has 0 aliphatic rings. The molecule has 15 heavy (non-hydrogen) atoms. The maximum absolute atomic E-state index is 11.6. The summed E-state index contributed by atoms with van der Waals surface area (Å²) in [6.45, 7) is 1.77. The van der Waals surface area contributed by atoms with Gasteiger partial charge in [-0.3, -0.25) is 4.79 Å². The number of halogens is 1. The lowest BCUT2D eigenvalue weighted by atomic mass is 10.1. The normalized spacial score (nSPS) is 12.2. The number of hydrogen-bond donors (Lipinski definition) is 3. The van der Waals surface area contributed by atoms with E-state index in [1.54, 1.807) is 25.1 Å². The van der Waals surface area contributed by atoms with Crippen molar-refractivity contribution < 1.29 is 9.90 Å². The van der Waals surface area contributed by atoms with E-state index < -0.39 is 6.10 Å². The standard InChI is InChI=1S/C10H13ClN2O2/c1-6(14)5-13-10(15)7-3-2-4-8(11)9(7)12/h2-4,6,14H,5,12H2,1H3,(H,13,15). The first-order valence-corrected chi connectivity index (χ1v) is 4.90. The minimum atomic E-state index is -0.589. The van der Waals surface area contributed by atoms with Gasteiger partial charge in [-0.25, -0.2) is 0 Å². The Morgan fingerprint density at radius 2 is 2.33 bits per heavy atom. The van der Waals surface area contributed by atoms with Crippen LogP contribution < -0.4 is 11.1 Å². The molecule has 0 aromatic heterocycles. The molecule has 1 atom stereocenters. The fourth-order valence-electron chi connectivity index (χ4n) is 1.07. The molecule has 0 bridgehead atoms. The maximum atomic E-state index is 11.6. The van der Waals surface area contributed by atoms with Crippen molar-refractivity contribution in [2.45, 2.75) is 13.0 Å². The highest BCUT2D eigenvalue weighted by molar-refractivity contribution is 6.33. The molecule has 0 aliphatic carbocycles. The average molecular weight is 229 g/mol. The van der Waals surface area contributed by atoms with Crippen LogP contribution >= 0.6 is 11.6 Å². The lowest BCUT2D eigenvalue weighted by molar-refractivity contribution is 0.0925. The first kappa shape index (κ1) is 11.8. The van der Waals surface area contributed by atoms with Gasteiger partial charge < -0.3 is 16.2 Å². The zero-order valence-corrected chi connectivity index (χ0v) is 9.08. The molecule has 0 heterocycles. The van der Waals surface area contributed by atoms with E-state index in [2.05, 4.69) is 5.32 Å². The minimum absolute atomic E-state index is 0.185. The molecule has 1 rings (SSSR count). The van der Waals surface area contributed by atoms with Crippen molar-refractivity contribution in [3.05, 3.63) is 28.8 Å². The predicted octanol–water partition coefficient (Wildman–Crippen LogP) is 1.03. The number of nitrogens with one attached hydrogen (secondary N) is 1. The van der Waals surface area contributed by atoms with E-state index in [1.807, 2.05) is 0 Å². The van der Waals surface area contributed by atoms with Gasteiger partial charge in [-0.2, -0.15) is 0 Å². The molecule has 82 valence electrons. The highest BCUT2D eigenvalue weighted by atomic mass is 35.5. The van der Waals surface area contributed by atoms with Gasteiger partial charge in [0.2, 0.25) is 0 Å². The molecule has 0 aliphatic heterocycles. The molecular weight excluding hydrogens is 216 g/mol. The quantitative estimate of drug-likeness (QED) is 0.677. The SMILES string of the molecule is CC(O)CNC(=O)c1cccc(Cl)c1N. The van der Waals surface area contributed by atoms with Crippen LogP contribution in [-0.4, -0.2) is 23.7 Å². The van der Waals surface area contributed by atoms with Crippen LogP contribution in [0.15, 0.2) is 18.2 Å². The Bertz CT molecular complexity index is 366. The van der Waals surface area contributed by atoms with Crippen LogP contribution in [0.5, 0.6) is 0 Å². The number of benzene rings is 1. The van der Waals surface area contributed by atoms with Gasteiger partial charge in [0, 0.05) is 6.54 Å². The summed E-state index contributed by atoms with van der Waals surface area (Å²) in [6.07, 6.45) is -0.589. The molecule has 0 saturated carbocycles. The minimum Gasteiger partial charge on any atom is -0.397 e. The Hall–Kier alpha value is -1.26. The summed E-state index contributed by atoms with van der Waals surface area (Å²) in [5.41, 5.74) is 6.21. The second kappa shape index (κ2) is 5.00. The smallest absolute Gasteiger partial charge is 0.253 e. The molecular formula is C10H13ClN2O2. The van der Waals surface area contributed by atoms with E-state index in [0.29, 0.717) is 10.6 Å². The number of para-hydroxylation sites is 1. The van der Waals surface area contributed by atoms with E-state index in [9.17, 15) is 4.79 Å². The fraction of sp³-hybridized carbons (Fsp3) is 0.300. The third kappa shape index (κ3) is 3.11. The molecule has 0 saturated heterocycles. The van der Waals surface area contributed by atoms with Crippen LogP contribution in [0.2, 0.25) is 5.02 Å². The monoisotopic (exact) mass is 228 g/mol. The van der Waals surface area contributed by atoms with E-state index >= 15 is 0 Å². The number of nitrogen functional groups attached to an aromatic ring is 1. The Morgan fingerprint density at radius 3 is 2.93 bits per heavy atom. The summed E-state index contributed by atoms with van der Waals surface area (Å²) in [6, 6.07) is 4.84. The van der Waals surface area contributed by atoms with Crippen LogP contribution in [0, 0.1) is 0 Å². The number of hydrogen-bond acceptors (Lipinski definition) is 3. The first-order chi connectivity index (χ1) is 7.02. The first-order valence-electron chi connectivity index (χ1n) is 4.52. The molecule has 5 heteroatoms. The Balaban J connectivity index is 2.78. The summed E-state index contributed by atoms with van der Waals surface area (Å²) >= 11 is 5.77. The van der Waals surface area contributed by atoms with Gasteiger partial charge in [-0.05, 0) is 19.1 Å². The lowest BCUT2D eigenvalue weighted by Gasteiger charge is -2.09. The van der Waals surface area contributed by atoms with E-state index in [0.717, 1.165) is 0 Å². The van der Waals surface area contributed by atoms with Gasteiger partial charge in [0.25, 0.3) is 5.91 Å². The molecule has 4 N–H and O–H groups in total. The second-order valence-corrected chi connectivity index (χ2v) is 3.67. The number of carbonyl (C=O) groups is 1. The third-order valence-electron chi connectivity index (χ3n) is 1.86. The largest absolute Gasteiger partial charge is 0.397 e. The molecule has 1 aromatic rings. The Labute approximate surface area is 93.0 Å². The van der Waals surface area contributed by atoms with Gasteiger partial charge in [-0.1, -0.05) is 17.7 Å². The van der Waals surface area contributed by atoms with E-state index in [-0.39, 0.29) is 18.1 Å². The van der Waals surface area contributed by atoms with Crippen molar-refractivity contribution in [2.24, 2.45) is 0 Å². The molecule has 1 unspecified atom stereocenters. The third-order valence-corrected chi connectivity index (χ3v) is 2.19. The lowest BCUT2D eigenvalue weighted by Crippen LogP contribution is -2.31. The number of amides is 1. The van der Waals surface area contributed by atoms with Crippen molar-refractivity contribution in [3.8, 4) is 0 Å². The van der Waals surface area contributed by atoms with Gasteiger partial charge >= 0.3 is 0 Å². The Morgan fingerprint density at radius 1 is 1.67 bits per heavy atom. The van der Waals surface area contributed by atoms with Crippen molar-refractivity contribution in [1.29, 1.82) is 0 Å². The average Bonchev–Trinajstić information content (AvgIpc) is 2.18. The van der Waals surface area contributed by atoms with E-state index in [1.165, 1.54) is 0 Å². The van der Waals surface area contributed by atoms with Gasteiger partial charge in [-0.15, -0.1) is 0 Å². The molecule has 0 fully saturated rings. The van der Waals surface area contributed by atoms with Crippen molar-refractivity contribution in [1.82, 2.24) is 5.32 Å². The summed E-state index contributed by atoms with van der Waals surface area (Å²) in [7, 11) is 0. The number of aliphatic hydroxyl groups is 1. The van der Waals surface area contributed by atoms with Crippen LogP contribution in [0.1, 0.15) is 17.3 Å². The zero-order chi connectivity index (χ0) is 11.4. The molecule has 4 nitrogen and oxygen atoms in total. The topological polar surface area (TPSA) is 75.3 Å². The van der Waals surface area contributed by atoms with Crippen LogP contribution in [0.25, 0.3) is 0 Å². The number of anilines is 1. The number of carbonyl (C=O) groups excluding carboxylic acids is 1. The van der Waals surface area contributed by atoms with Gasteiger partial charge in [0.05, 0.1) is 22.4 Å². The van der Waals surface area contributed by atoms with Crippen molar-refractivity contribution in [2.75, 3.05) is 12.3 Å². The molecule has 0 spiro atoms.